The summed E-state index contributed by atoms with van der Waals surface area (Å²) in [6.07, 6.45) is 1.50. The van der Waals surface area contributed by atoms with E-state index in [-0.39, 0.29) is 11.8 Å². The van der Waals surface area contributed by atoms with Crippen molar-refractivity contribution in [2.24, 2.45) is 0 Å². The molecule has 0 fully saturated rings. The van der Waals surface area contributed by atoms with Crippen LogP contribution in [0.15, 0.2) is 34.9 Å². The molecule has 1 N–H and O–H groups in total. The standard InChI is InChI=1S/C13H13ClFNO2/c1-16-12(9-5-6-18-13(9)14)8-3-4-11(17-2)10(15)7-8/h3-7,12,16H,1-2H3. The van der Waals surface area contributed by atoms with Crippen molar-refractivity contribution >= 4 is 11.6 Å². The third-order valence-corrected chi connectivity index (χ3v) is 3.06. The van der Waals surface area contributed by atoms with Crippen LogP contribution in [0.2, 0.25) is 5.22 Å². The van der Waals surface area contributed by atoms with Gasteiger partial charge in [-0.1, -0.05) is 6.07 Å². The monoisotopic (exact) mass is 269 g/mol. The number of methoxy groups -OCH3 is 1. The van der Waals surface area contributed by atoms with Crippen molar-refractivity contribution in [2.75, 3.05) is 14.2 Å². The number of halogens is 2. The van der Waals surface area contributed by atoms with Crippen LogP contribution in [-0.2, 0) is 0 Å². The Morgan fingerprint density at radius 1 is 1.39 bits per heavy atom. The van der Waals surface area contributed by atoms with E-state index in [9.17, 15) is 4.39 Å². The summed E-state index contributed by atoms with van der Waals surface area (Å²) in [6.45, 7) is 0. The van der Waals surface area contributed by atoms with Crippen LogP contribution in [-0.4, -0.2) is 14.2 Å². The largest absolute Gasteiger partial charge is 0.494 e. The molecule has 18 heavy (non-hydrogen) atoms. The molecule has 3 nitrogen and oxygen atoms in total. The molecular weight excluding hydrogens is 257 g/mol. The van der Waals surface area contributed by atoms with Crippen LogP contribution in [0.3, 0.4) is 0 Å². The first-order valence-electron chi connectivity index (χ1n) is 5.41. The summed E-state index contributed by atoms with van der Waals surface area (Å²) in [5.41, 5.74) is 1.52. The molecule has 2 aromatic rings. The van der Waals surface area contributed by atoms with Crippen molar-refractivity contribution in [3.8, 4) is 5.75 Å². The average molecular weight is 270 g/mol. The molecule has 1 unspecified atom stereocenters. The Kier molecular flexibility index (Phi) is 3.89. The maximum Gasteiger partial charge on any atom is 0.198 e. The zero-order chi connectivity index (χ0) is 13.1. The van der Waals surface area contributed by atoms with E-state index in [1.807, 2.05) is 0 Å². The number of rotatable bonds is 4. The minimum Gasteiger partial charge on any atom is -0.494 e. The van der Waals surface area contributed by atoms with Gasteiger partial charge in [0, 0.05) is 5.56 Å². The SMILES string of the molecule is CNC(c1ccc(OC)c(F)c1)c1ccoc1Cl. The van der Waals surface area contributed by atoms with Gasteiger partial charge in [-0.3, -0.25) is 0 Å². The summed E-state index contributed by atoms with van der Waals surface area (Å²) in [7, 11) is 3.21. The van der Waals surface area contributed by atoms with Crippen molar-refractivity contribution in [1.29, 1.82) is 0 Å². The van der Waals surface area contributed by atoms with Crippen LogP contribution < -0.4 is 10.1 Å². The fraction of sp³-hybridized carbons (Fsp3) is 0.231. The predicted octanol–water partition coefficient (Wildman–Crippen LogP) is 3.39. The van der Waals surface area contributed by atoms with Gasteiger partial charge in [0.05, 0.1) is 19.4 Å². The van der Waals surface area contributed by atoms with E-state index in [0.29, 0.717) is 5.22 Å². The second kappa shape index (κ2) is 5.42. The van der Waals surface area contributed by atoms with Gasteiger partial charge in [-0.2, -0.15) is 0 Å². The normalized spacial score (nSPS) is 12.4. The first-order valence-corrected chi connectivity index (χ1v) is 5.78. The minimum atomic E-state index is -0.408. The molecule has 5 heteroatoms. The third-order valence-electron chi connectivity index (χ3n) is 2.75. The van der Waals surface area contributed by atoms with Crippen LogP contribution in [0, 0.1) is 5.82 Å². The van der Waals surface area contributed by atoms with Gasteiger partial charge >= 0.3 is 0 Å². The highest BCUT2D eigenvalue weighted by Gasteiger charge is 2.18. The molecule has 0 saturated heterocycles. The van der Waals surface area contributed by atoms with Gasteiger partial charge in [-0.05, 0) is 42.4 Å². The van der Waals surface area contributed by atoms with E-state index >= 15 is 0 Å². The van der Waals surface area contributed by atoms with Crippen LogP contribution in [0.5, 0.6) is 5.75 Å². The molecule has 0 aliphatic heterocycles. The van der Waals surface area contributed by atoms with Crippen molar-refractivity contribution < 1.29 is 13.5 Å². The fourth-order valence-corrected chi connectivity index (χ4v) is 2.10. The zero-order valence-corrected chi connectivity index (χ0v) is 10.8. The molecule has 2 rings (SSSR count). The minimum absolute atomic E-state index is 0.215. The van der Waals surface area contributed by atoms with Gasteiger partial charge in [-0.25, -0.2) is 4.39 Å². The van der Waals surface area contributed by atoms with Crippen LogP contribution >= 0.6 is 11.6 Å². The van der Waals surface area contributed by atoms with Crippen LogP contribution in [0.1, 0.15) is 17.2 Å². The summed E-state index contributed by atoms with van der Waals surface area (Å²) in [4.78, 5) is 0. The van der Waals surface area contributed by atoms with E-state index in [2.05, 4.69) is 5.32 Å². The molecule has 0 spiro atoms. The molecular formula is C13H13ClFNO2. The average Bonchev–Trinajstić information content (AvgIpc) is 2.77. The molecule has 0 saturated carbocycles. The highest BCUT2D eigenvalue weighted by molar-refractivity contribution is 6.29. The van der Waals surface area contributed by atoms with Gasteiger partial charge in [0.2, 0.25) is 0 Å². The Bertz CT molecular complexity index is 542. The molecule has 96 valence electrons. The second-order valence-corrected chi connectivity index (χ2v) is 4.11. The molecule has 1 heterocycles. The van der Waals surface area contributed by atoms with Gasteiger partial charge in [0.1, 0.15) is 0 Å². The molecule has 0 aliphatic rings. The number of hydrogen-bond acceptors (Lipinski definition) is 3. The lowest BCUT2D eigenvalue weighted by Gasteiger charge is -2.16. The lowest BCUT2D eigenvalue weighted by molar-refractivity contribution is 0.386. The third kappa shape index (κ3) is 2.35. The van der Waals surface area contributed by atoms with E-state index < -0.39 is 5.82 Å². The summed E-state index contributed by atoms with van der Waals surface area (Å²) in [5, 5.41) is 3.37. The Balaban J connectivity index is 2.40. The van der Waals surface area contributed by atoms with E-state index in [4.69, 9.17) is 20.8 Å². The maximum atomic E-state index is 13.7. The van der Waals surface area contributed by atoms with Gasteiger partial charge in [-0.15, -0.1) is 0 Å². The highest BCUT2D eigenvalue weighted by atomic mass is 35.5. The van der Waals surface area contributed by atoms with Gasteiger partial charge in [0.25, 0.3) is 0 Å². The highest BCUT2D eigenvalue weighted by Crippen LogP contribution is 2.30. The number of nitrogens with one attached hydrogen (secondary N) is 1. The van der Waals surface area contributed by atoms with Crippen molar-refractivity contribution in [2.45, 2.75) is 6.04 Å². The molecule has 0 amide bonds. The van der Waals surface area contributed by atoms with E-state index in [1.165, 1.54) is 19.4 Å². The lowest BCUT2D eigenvalue weighted by Crippen LogP contribution is -2.17. The number of furan rings is 1. The molecule has 1 aromatic carbocycles. The quantitative estimate of drug-likeness (QED) is 0.924. The zero-order valence-electron chi connectivity index (χ0n) is 10.0. The maximum absolute atomic E-state index is 13.7. The van der Waals surface area contributed by atoms with Gasteiger partial charge < -0.3 is 14.5 Å². The number of benzene rings is 1. The van der Waals surface area contributed by atoms with E-state index in [1.54, 1.807) is 25.2 Å². The number of hydrogen-bond donors (Lipinski definition) is 1. The first kappa shape index (κ1) is 12.9. The lowest BCUT2D eigenvalue weighted by atomic mass is 10.0. The number of ether oxygens (including phenoxy) is 1. The second-order valence-electron chi connectivity index (χ2n) is 3.77. The van der Waals surface area contributed by atoms with E-state index in [0.717, 1.165) is 11.1 Å². The van der Waals surface area contributed by atoms with Crippen LogP contribution in [0.25, 0.3) is 0 Å². The molecule has 0 radical (unpaired) electrons. The Morgan fingerprint density at radius 2 is 2.17 bits per heavy atom. The summed E-state index contributed by atoms with van der Waals surface area (Å²) in [6, 6.07) is 6.32. The summed E-state index contributed by atoms with van der Waals surface area (Å²) < 4.78 is 23.6. The van der Waals surface area contributed by atoms with Crippen molar-refractivity contribution in [1.82, 2.24) is 5.32 Å². The smallest absolute Gasteiger partial charge is 0.198 e. The molecule has 0 bridgehead atoms. The first-order chi connectivity index (χ1) is 8.67. The molecule has 0 aliphatic carbocycles. The van der Waals surface area contributed by atoms with Crippen molar-refractivity contribution in [3.63, 3.8) is 0 Å². The topological polar surface area (TPSA) is 34.4 Å². The Hall–Kier alpha value is -1.52. The molecule has 1 aromatic heterocycles. The van der Waals surface area contributed by atoms with Crippen molar-refractivity contribution in [3.05, 3.63) is 52.7 Å². The predicted molar refractivity (Wildman–Crippen MR) is 67.6 cm³/mol. The summed E-state index contributed by atoms with van der Waals surface area (Å²) >= 11 is 5.94. The molecule has 1 atom stereocenters. The van der Waals surface area contributed by atoms with Crippen LogP contribution in [0.4, 0.5) is 4.39 Å². The fourth-order valence-electron chi connectivity index (χ4n) is 1.87. The Morgan fingerprint density at radius 3 is 2.67 bits per heavy atom. The van der Waals surface area contributed by atoms with Gasteiger partial charge in [0.15, 0.2) is 16.8 Å². The Labute approximate surface area is 110 Å². The summed E-state index contributed by atoms with van der Waals surface area (Å²) in [5.74, 6) is -0.193.